The number of aromatic amines is 1. The number of allylic oxidation sites excluding steroid dienone is 1. The summed E-state index contributed by atoms with van der Waals surface area (Å²) in [4.78, 5) is 12.5. The summed E-state index contributed by atoms with van der Waals surface area (Å²) >= 11 is 0. The molecule has 0 unspecified atom stereocenters. The molecule has 2 atom stereocenters. The summed E-state index contributed by atoms with van der Waals surface area (Å²) in [5.41, 5.74) is 2.92. The second-order valence-electron chi connectivity index (χ2n) is 6.59. The molecule has 0 aliphatic carbocycles. The highest BCUT2D eigenvalue weighted by atomic mass is 16.5. The van der Waals surface area contributed by atoms with Gasteiger partial charge in [0.2, 0.25) is 5.91 Å². The fraction of sp³-hybridized carbons (Fsp3) is 0.474. The highest BCUT2D eigenvalue weighted by molar-refractivity contribution is 5.87. The largest absolute Gasteiger partial charge is 0.379 e. The van der Waals surface area contributed by atoms with E-state index in [-0.39, 0.29) is 24.5 Å². The SMILES string of the molecule is CC(C)=CCO[C@@H]1CCOC[C@@H]1NC(=O)Cc1[nH]nc2ccccc12. The van der Waals surface area contributed by atoms with E-state index in [1.807, 2.05) is 44.2 Å². The predicted molar refractivity (Wildman–Crippen MR) is 96.3 cm³/mol. The van der Waals surface area contributed by atoms with Gasteiger partial charge in [-0.1, -0.05) is 29.8 Å². The van der Waals surface area contributed by atoms with E-state index in [1.54, 1.807) is 0 Å². The lowest BCUT2D eigenvalue weighted by atomic mass is 10.1. The van der Waals surface area contributed by atoms with Gasteiger partial charge in [0.1, 0.15) is 0 Å². The summed E-state index contributed by atoms with van der Waals surface area (Å²) in [6.07, 6.45) is 3.07. The number of H-pyrrole nitrogens is 1. The maximum absolute atomic E-state index is 12.5. The van der Waals surface area contributed by atoms with Crippen LogP contribution in [0.15, 0.2) is 35.9 Å². The summed E-state index contributed by atoms with van der Waals surface area (Å²) in [5.74, 6) is -0.0549. The zero-order valence-corrected chi connectivity index (χ0v) is 14.7. The third-order valence-electron chi connectivity index (χ3n) is 4.32. The van der Waals surface area contributed by atoms with Gasteiger partial charge in [-0.3, -0.25) is 9.89 Å². The van der Waals surface area contributed by atoms with Crippen molar-refractivity contribution in [2.45, 2.75) is 38.8 Å². The van der Waals surface area contributed by atoms with E-state index < -0.39 is 0 Å². The van der Waals surface area contributed by atoms with Crippen molar-refractivity contribution in [2.75, 3.05) is 19.8 Å². The maximum Gasteiger partial charge on any atom is 0.226 e. The van der Waals surface area contributed by atoms with Gasteiger partial charge in [-0.15, -0.1) is 0 Å². The molecule has 6 nitrogen and oxygen atoms in total. The Hall–Kier alpha value is -2.18. The van der Waals surface area contributed by atoms with Crippen LogP contribution in [0.4, 0.5) is 0 Å². The summed E-state index contributed by atoms with van der Waals surface area (Å²) in [7, 11) is 0. The standard InChI is InChI=1S/C19H25N3O3/c1-13(2)7-10-25-18-8-9-24-12-17(18)20-19(23)11-16-14-5-3-4-6-15(14)21-22-16/h3-7,17-18H,8-12H2,1-2H3,(H,20,23)(H,21,22)/t17-,18+/m0/s1. The number of ether oxygens (including phenoxy) is 2. The smallest absolute Gasteiger partial charge is 0.226 e. The first kappa shape index (κ1) is 17.6. The molecule has 1 aliphatic rings. The fourth-order valence-electron chi connectivity index (χ4n) is 2.96. The molecule has 6 heteroatoms. The van der Waals surface area contributed by atoms with Gasteiger partial charge >= 0.3 is 0 Å². The van der Waals surface area contributed by atoms with Crippen molar-refractivity contribution < 1.29 is 14.3 Å². The van der Waals surface area contributed by atoms with Gasteiger partial charge in [0, 0.05) is 12.0 Å². The maximum atomic E-state index is 12.5. The lowest BCUT2D eigenvalue weighted by molar-refractivity contribution is -0.125. The number of carbonyl (C=O) groups is 1. The van der Waals surface area contributed by atoms with Crippen molar-refractivity contribution >= 4 is 16.8 Å². The van der Waals surface area contributed by atoms with Crippen LogP contribution < -0.4 is 5.32 Å². The quantitative estimate of drug-likeness (QED) is 0.790. The molecule has 1 aromatic carbocycles. The zero-order chi connectivity index (χ0) is 17.6. The van der Waals surface area contributed by atoms with Gasteiger partial charge in [-0.05, 0) is 26.3 Å². The monoisotopic (exact) mass is 343 g/mol. The van der Waals surface area contributed by atoms with Gasteiger partial charge in [0.25, 0.3) is 0 Å². The van der Waals surface area contributed by atoms with E-state index in [0.29, 0.717) is 19.8 Å². The van der Waals surface area contributed by atoms with Crippen LogP contribution in [0.25, 0.3) is 10.9 Å². The van der Waals surface area contributed by atoms with E-state index in [2.05, 4.69) is 15.5 Å². The van der Waals surface area contributed by atoms with Gasteiger partial charge < -0.3 is 14.8 Å². The molecule has 3 rings (SSSR count). The van der Waals surface area contributed by atoms with Crippen LogP contribution in [0.2, 0.25) is 0 Å². The molecule has 0 saturated carbocycles. The number of para-hydroxylation sites is 1. The summed E-state index contributed by atoms with van der Waals surface area (Å²) in [5, 5.41) is 11.2. The third kappa shape index (κ3) is 4.67. The van der Waals surface area contributed by atoms with Crippen LogP contribution >= 0.6 is 0 Å². The number of hydrogen-bond acceptors (Lipinski definition) is 4. The summed E-state index contributed by atoms with van der Waals surface area (Å²) < 4.78 is 11.4. The minimum atomic E-state index is -0.124. The topological polar surface area (TPSA) is 76.2 Å². The van der Waals surface area contributed by atoms with Crippen molar-refractivity contribution in [1.29, 1.82) is 0 Å². The second kappa shape index (κ2) is 8.27. The lowest BCUT2D eigenvalue weighted by Crippen LogP contribution is -2.51. The molecule has 1 aliphatic heterocycles. The number of hydrogen-bond donors (Lipinski definition) is 2. The van der Waals surface area contributed by atoms with Gasteiger partial charge in [0.15, 0.2) is 0 Å². The average Bonchev–Trinajstić information content (AvgIpc) is 2.99. The number of nitrogens with one attached hydrogen (secondary N) is 2. The molecule has 134 valence electrons. The first-order valence-corrected chi connectivity index (χ1v) is 8.67. The molecule has 0 bridgehead atoms. The normalized spacial score (nSPS) is 20.4. The Bertz CT molecular complexity index is 749. The van der Waals surface area contributed by atoms with Gasteiger partial charge in [0.05, 0.1) is 43.0 Å². The zero-order valence-electron chi connectivity index (χ0n) is 14.7. The fourth-order valence-corrected chi connectivity index (χ4v) is 2.96. The van der Waals surface area contributed by atoms with E-state index in [0.717, 1.165) is 23.0 Å². The van der Waals surface area contributed by atoms with Crippen molar-refractivity contribution in [1.82, 2.24) is 15.5 Å². The molecular formula is C19H25N3O3. The molecule has 25 heavy (non-hydrogen) atoms. The highest BCUT2D eigenvalue weighted by Gasteiger charge is 2.28. The van der Waals surface area contributed by atoms with Crippen molar-refractivity contribution in [3.63, 3.8) is 0 Å². The number of benzene rings is 1. The summed E-state index contributed by atoms with van der Waals surface area (Å²) in [6.45, 7) is 5.79. The van der Waals surface area contributed by atoms with E-state index in [9.17, 15) is 4.79 Å². The third-order valence-corrected chi connectivity index (χ3v) is 4.32. The molecule has 2 N–H and O–H groups in total. The Morgan fingerprint density at radius 1 is 1.44 bits per heavy atom. The molecule has 0 radical (unpaired) electrons. The Labute approximate surface area is 147 Å². The highest BCUT2D eigenvalue weighted by Crippen LogP contribution is 2.16. The average molecular weight is 343 g/mol. The minimum Gasteiger partial charge on any atom is -0.379 e. The number of amides is 1. The predicted octanol–water partition coefficient (Wildman–Crippen LogP) is 2.36. The molecule has 2 aromatic rings. The molecule has 1 aromatic heterocycles. The van der Waals surface area contributed by atoms with Gasteiger partial charge in [-0.2, -0.15) is 5.10 Å². The van der Waals surface area contributed by atoms with Crippen molar-refractivity contribution in [3.05, 3.63) is 41.6 Å². The number of fused-ring (bicyclic) bond motifs is 1. The number of rotatable bonds is 6. The van der Waals surface area contributed by atoms with Crippen LogP contribution in [0.1, 0.15) is 26.0 Å². The van der Waals surface area contributed by atoms with E-state index >= 15 is 0 Å². The van der Waals surface area contributed by atoms with Crippen LogP contribution in [-0.2, 0) is 20.7 Å². The van der Waals surface area contributed by atoms with Crippen LogP contribution in [0.5, 0.6) is 0 Å². The number of carbonyl (C=O) groups excluding carboxylic acids is 1. The molecular weight excluding hydrogens is 318 g/mol. The Morgan fingerprint density at radius 2 is 2.28 bits per heavy atom. The van der Waals surface area contributed by atoms with Gasteiger partial charge in [-0.25, -0.2) is 0 Å². The lowest BCUT2D eigenvalue weighted by Gasteiger charge is -2.31. The van der Waals surface area contributed by atoms with Crippen molar-refractivity contribution in [3.8, 4) is 0 Å². The first-order chi connectivity index (χ1) is 12.1. The second-order valence-corrected chi connectivity index (χ2v) is 6.59. The summed E-state index contributed by atoms with van der Waals surface area (Å²) in [6, 6.07) is 7.65. The molecule has 1 fully saturated rings. The first-order valence-electron chi connectivity index (χ1n) is 8.67. The van der Waals surface area contributed by atoms with Crippen LogP contribution in [0.3, 0.4) is 0 Å². The van der Waals surface area contributed by atoms with Crippen molar-refractivity contribution in [2.24, 2.45) is 0 Å². The minimum absolute atomic E-state index is 0.0215. The van der Waals surface area contributed by atoms with Crippen LogP contribution in [0, 0.1) is 0 Å². The molecule has 1 amide bonds. The Balaban J connectivity index is 1.59. The molecule has 2 heterocycles. The van der Waals surface area contributed by atoms with E-state index in [4.69, 9.17) is 9.47 Å². The molecule has 1 saturated heterocycles. The number of aromatic nitrogens is 2. The Kier molecular flexibility index (Phi) is 5.83. The number of nitrogens with zero attached hydrogens (tertiary/aromatic N) is 1. The Morgan fingerprint density at radius 3 is 3.12 bits per heavy atom. The van der Waals surface area contributed by atoms with Crippen LogP contribution in [-0.4, -0.2) is 48.1 Å². The molecule has 0 spiro atoms. The van der Waals surface area contributed by atoms with E-state index in [1.165, 1.54) is 5.57 Å².